The number of carbonyl (C=O) groups excluding carboxylic acids is 1. The van der Waals surface area contributed by atoms with Crippen molar-refractivity contribution in [1.82, 2.24) is 10.3 Å². The van der Waals surface area contributed by atoms with E-state index in [1.165, 1.54) is 0 Å². The zero-order valence-corrected chi connectivity index (χ0v) is 13.5. The second-order valence-electron chi connectivity index (χ2n) is 5.31. The van der Waals surface area contributed by atoms with Crippen LogP contribution in [0.2, 0.25) is 0 Å². The molecule has 2 aromatic rings. The van der Waals surface area contributed by atoms with Gasteiger partial charge in [-0.05, 0) is 24.3 Å². The molecule has 0 aliphatic carbocycles. The maximum atomic E-state index is 12.1. The average molecular weight is 336 g/mol. The Morgan fingerprint density at radius 1 is 1.36 bits per heavy atom. The minimum Gasteiger partial charge on any atom is -0.479 e. The second kappa shape index (κ2) is 6.26. The van der Waals surface area contributed by atoms with Gasteiger partial charge in [0.15, 0.2) is 0 Å². The smallest absolute Gasteiger partial charge is 0.330 e. The first kappa shape index (κ1) is 15.3. The Balaban J connectivity index is 1.61. The first-order chi connectivity index (χ1) is 10.6. The number of aryl methyl sites for hydroxylation is 1. The van der Waals surface area contributed by atoms with Crippen LogP contribution >= 0.6 is 23.1 Å². The predicted octanol–water partition coefficient (Wildman–Crippen LogP) is 2.31. The van der Waals surface area contributed by atoms with Gasteiger partial charge in [0.2, 0.25) is 5.91 Å². The van der Waals surface area contributed by atoms with Crippen LogP contribution in [0, 0.1) is 0 Å². The Morgan fingerprint density at radius 2 is 2.18 bits per heavy atom. The molecule has 7 heteroatoms. The molecule has 1 aromatic carbocycles. The van der Waals surface area contributed by atoms with E-state index in [1.54, 1.807) is 23.1 Å². The molecule has 22 heavy (non-hydrogen) atoms. The zero-order valence-electron chi connectivity index (χ0n) is 11.9. The highest BCUT2D eigenvalue weighted by atomic mass is 32.2. The molecule has 0 unspecified atom stereocenters. The maximum absolute atomic E-state index is 12.1. The fourth-order valence-corrected chi connectivity index (χ4v) is 4.75. The van der Waals surface area contributed by atoms with E-state index < -0.39 is 11.5 Å². The molecule has 0 radical (unpaired) electrons. The Hall–Kier alpha value is -1.60. The third kappa shape index (κ3) is 3.10. The monoisotopic (exact) mass is 336 g/mol. The summed E-state index contributed by atoms with van der Waals surface area (Å²) in [7, 11) is 0. The normalized spacial score (nSPS) is 21.1. The van der Waals surface area contributed by atoms with Crippen molar-refractivity contribution in [3.05, 3.63) is 29.3 Å². The molecule has 3 rings (SSSR count). The molecule has 1 amide bonds. The number of carbonyl (C=O) groups is 2. The van der Waals surface area contributed by atoms with Gasteiger partial charge in [0.1, 0.15) is 5.54 Å². The molecule has 1 saturated heterocycles. The van der Waals surface area contributed by atoms with Crippen molar-refractivity contribution in [2.45, 2.75) is 24.8 Å². The summed E-state index contributed by atoms with van der Waals surface area (Å²) in [6, 6.07) is 7.86. The van der Waals surface area contributed by atoms with E-state index in [0.29, 0.717) is 18.6 Å². The van der Waals surface area contributed by atoms with Crippen molar-refractivity contribution in [3.8, 4) is 0 Å². The molecule has 1 atom stereocenters. The van der Waals surface area contributed by atoms with Gasteiger partial charge in [0.25, 0.3) is 0 Å². The maximum Gasteiger partial charge on any atom is 0.330 e. The average Bonchev–Trinajstić information content (AvgIpc) is 3.11. The summed E-state index contributed by atoms with van der Waals surface area (Å²) in [6.07, 6.45) is 1.29. The van der Waals surface area contributed by atoms with E-state index >= 15 is 0 Å². The van der Waals surface area contributed by atoms with Crippen molar-refractivity contribution in [2.75, 3.05) is 11.5 Å². The van der Waals surface area contributed by atoms with Gasteiger partial charge in [-0.1, -0.05) is 12.1 Å². The van der Waals surface area contributed by atoms with Crippen molar-refractivity contribution >= 4 is 45.2 Å². The number of carboxylic acid groups (broad SMARTS) is 1. The van der Waals surface area contributed by atoms with Gasteiger partial charge < -0.3 is 10.4 Å². The number of aliphatic carboxylic acids is 1. The van der Waals surface area contributed by atoms with Crippen LogP contribution in [0.25, 0.3) is 10.2 Å². The number of para-hydroxylation sites is 1. The lowest BCUT2D eigenvalue weighted by Crippen LogP contribution is -2.54. The number of thioether (sulfide) groups is 1. The van der Waals surface area contributed by atoms with Crippen LogP contribution in [0.4, 0.5) is 0 Å². The lowest BCUT2D eigenvalue weighted by molar-refractivity contribution is -0.146. The summed E-state index contributed by atoms with van der Waals surface area (Å²) in [4.78, 5) is 28.0. The minimum atomic E-state index is -1.09. The number of fused-ring (bicyclic) bond motifs is 1. The standard InChI is InChI=1S/C15H16N2O3S2/c18-12(17-15(14(19)20)7-8-21-9-15)5-6-13-16-10-3-1-2-4-11(10)22-13/h1-4H,5-9H2,(H,17,18)(H,19,20)/t15-/m0/s1. The number of rotatable bonds is 5. The summed E-state index contributed by atoms with van der Waals surface area (Å²) >= 11 is 3.14. The van der Waals surface area contributed by atoms with Gasteiger partial charge in [-0.25, -0.2) is 9.78 Å². The van der Waals surface area contributed by atoms with Crippen molar-refractivity contribution in [1.29, 1.82) is 0 Å². The molecule has 2 heterocycles. The molecule has 1 aromatic heterocycles. The topological polar surface area (TPSA) is 79.3 Å². The van der Waals surface area contributed by atoms with Crippen molar-refractivity contribution in [2.24, 2.45) is 0 Å². The van der Waals surface area contributed by atoms with E-state index in [2.05, 4.69) is 10.3 Å². The Bertz CT molecular complexity index is 675. The highest BCUT2D eigenvalue weighted by Crippen LogP contribution is 2.28. The Labute approximate surface area is 136 Å². The molecule has 116 valence electrons. The van der Waals surface area contributed by atoms with E-state index in [0.717, 1.165) is 21.0 Å². The number of hydrogen-bond acceptors (Lipinski definition) is 5. The Morgan fingerprint density at radius 3 is 2.86 bits per heavy atom. The van der Waals surface area contributed by atoms with E-state index in [1.807, 2.05) is 24.3 Å². The van der Waals surface area contributed by atoms with Crippen molar-refractivity contribution < 1.29 is 14.7 Å². The summed E-state index contributed by atoms with van der Waals surface area (Å²) in [6.45, 7) is 0. The third-order valence-corrected chi connectivity index (χ3v) is 6.00. The fourth-order valence-electron chi connectivity index (χ4n) is 2.46. The predicted molar refractivity (Wildman–Crippen MR) is 88.4 cm³/mol. The molecule has 5 nitrogen and oxygen atoms in total. The summed E-state index contributed by atoms with van der Waals surface area (Å²) < 4.78 is 1.10. The highest BCUT2D eigenvalue weighted by Gasteiger charge is 2.43. The molecule has 2 N–H and O–H groups in total. The third-order valence-electron chi connectivity index (χ3n) is 3.71. The first-order valence-electron chi connectivity index (χ1n) is 7.06. The van der Waals surface area contributed by atoms with E-state index in [-0.39, 0.29) is 12.3 Å². The number of hydrogen-bond donors (Lipinski definition) is 2. The Kier molecular flexibility index (Phi) is 4.35. The van der Waals surface area contributed by atoms with Gasteiger partial charge in [-0.2, -0.15) is 11.8 Å². The molecular formula is C15H16N2O3S2. The van der Waals surface area contributed by atoms with E-state index in [4.69, 9.17) is 0 Å². The zero-order chi connectivity index (χ0) is 15.6. The van der Waals surface area contributed by atoms with Gasteiger partial charge in [0.05, 0.1) is 15.2 Å². The van der Waals surface area contributed by atoms with Crippen LogP contribution in [-0.2, 0) is 16.0 Å². The molecule has 1 fully saturated rings. The largest absolute Gasteiger partial charge is 0.479 e. The number of nitrogens with zero attached hydrogens (tertiary/aromatic N) is 1. The van der Waals surface area contributed by atoms with Crippen LogP contribution in [0.3, 0.4) is 0 Å². The molecular weight excluding hydrogens is 320 g/mol. The lowest BCUT2D eigenvalue weighted by atomic mass is 9.99. The van der Waals surface area contributed by atoms with Crippen LogP contribution in [0.15, 0.2) is 24.3 Å². The number of thiazole rings is 1. The quantitative estimate of drug-likeness (QED) is 0.876. The number of nitrogens with one attached hydrogen (secondary N) is 1. The molecule has 0 bridgehead atoms. The number of aromatic nitrogens is 1. The molecule has 0 spiro atoms. The van der Waals surface area contributed by atoms with Gasteiger partial charge >= 0.3 is 5.97 Å². The number of amides is 1. The summed E-state index contributed by atoms with van der Waals surface area (Å²) in [5, 5.41) is 13.0. The minimum absolute atomic E-state index is 0.218. The van der Waals surface area contributed by atoms with Crippen LogP contribution < -0.4 is 5.32 Å². The molecule has 1 aliphatic heterocycles. The SMILES string of the molecule is O=C(CCc1nc2ccccc2s1)N[C@@]1(C(=O)O)CCSC1. The fraction of sp³-hybridized carbons (Fsp3) is 0.400. The van der Waals surface area contributed by atoms with Gasteiger partial charge in [-0.3, -0.25) is 4.79 Å². The van der Waals surface area contributed by atoms with Crippen LogP contribution in [0.5, 0.6) is 0 Å². The van der Waals surface area contributed by atoms with Crippen LogP contribution in [0.1, 0.15) is 17.8 Å². The summed E-state index contributed by atoms with van der Waals surface area (Å²) in [5.41, 5.74) is -0.146. The second-order valence-corrected chi connectivity index (χ2v) is 7.53. The highest BCUT2D eigenvalue weighted by molar-refractivity contribution is 7.99. The number of benzene rings is 1. The first-order valence-corrected chi connectivity index (χ1v) is 9.03. The molecule has 0 saturated carbocycles. The number of carboxylic acids is 1. The van der Waals surface area contributed by atoms with Gasteiger partial charge in [0, 0.05) is 18.6 Å². The lowest BCUT2D eigenvalue weighted by Gasteiger charge is -2.24. The van der Waals surface area contributed by atoms with E-state index in [9.17, 15) is 14.7 Å². The van der Waals surface area contributed by atoms with Gasteiger partial charge in [-0.15, -0.1) is 11.3 Å². The molecule has 1 aliphatic rings. The van der Waals surface area contributed by atoms with Crippen LogP contribution in [-0.4, -0.2) is 39.0 Å². The summed E-state index contributed by atoms with van der Waals surface area (Å²) in [5.74, 6) is 0.0506. The van der Waals surface area contributed by atoms with Crippen molar-refractivity contribution in [3.63, 3.8) is 0 Å².